The highest BCUT2D eigenvalue weighted by molar-refractivity contribution is 5.78. The molecule has 1 amide bonds. The first kappa shape index (κ1) is 18.1. The van der Waals surface area contributed by atoms with Crippen molar-refractivity contribution in [1.82, 2.24) is 4.90 Å². The van der Waals surface area contributed by atoms with E-state index in [1.54, 1.807) is 4.90 Å². The van der Waals surface area contributed by atoms with E-state index in [0.29, 0.717) is 38.0 Å². The van der Waals surface area contributed by atoms with Crippen molar-refractivity contribution in [3.8, 4) is 0 Å². The van der Waals surface area contributed by atoms with Crippen LogP contribution in [0.4, 0.5) is 0 Å². The lowest BCUT2D eigenvalue weighted by atomic mass is 10.1. The van der Waals surface area contributed by atoms with Gasteiger partial charge in [0.05, 0.1) is 12.6 Å². The van der Waals surface area contributed by atoms with Gasteiger partial charge in [0.1, 0.15) is 5.78 Å². The molecule has 0 aliphatic carbocycles. The van der Waals surface area contributed by atoms with Crippen LogP contribution in [-0.4, -0.2) is 52.6 Å². The van der Waals surface area contributed by atoms with Crippen molar-refractivity contribution < 1.29 is 19.8 Å². The fourth-order valence-corrected chi connectivity index (χ4v) is 2.90. The van der Waals surface area contributed by atoms with Crippen molar-refractivity contribution in [1.29, 1.82) is 0 Å². The Labute approximate surface area is 127 Å². The Bertz CT molecular complexity index is 332. The lowest BCUT2D eigenvalue weighted by Crippen LogP contribution is -2.37. The van der Waals surface area contributed by atoms with Crippen molar-refractivity contribution >= 4 is 11.7 Å². The SMILES string of the molecule is CCC(=O)CCCCCCC(=O)N1C[C@H](CO)C[C@H]1CO. The van der Waals surface area contributed by atoms with Gasteiger partial charge in [-0.05, 0) is 19.3 Å². The summed E-state index contributed by atoms with van der Waals surface area (Å²) < 4.78 is 0. The predicted octanol–water partition coefficient (Wildman–Crippen LogP) is 1.51. The van der Waals surface area contributed by atoms with Crippen LogP contribution in [-0.2, 0) is 9.59 Å². The van der Waals surface area contributed by atoms with Crippen LogP contribution in [0.15, 0.2) is 0 Å². The standard InChI is InChI=1S/C16H29NO4/c1-2-15(20)7-5-3-4-6-8-16(21)17-10-13(11-18)9-14(17)12-19/h13-14,18-19H,2-12H2,1H3/t13-,14+/m1/s1. The Balaban J connectivity index is 2.17. The van der Waals surface area contributed by atoms with Gasteiger partial charge in [0, 0.05) is 38.3 Å². The fraction of sp³-hybridized carbons (Fsp3) is 0.875. The third-order valence-corrected chi connectivity index (χ3v) is 4.28. The molecule has 1 fully saturated rings. The summed E-state index contributed by atoms with van der Waals surface area (Å²) in [6.07, 6.45) is 6.15. The third kappa shape index (κ3) is 6.14. The molecule has 1 rings (SSSR count). The van der Waals surface area contributed by atoms with E-state index in [2.05, 4.69) is 0 Å². The predicted molar refractivity (Wildman–Crippen MR) is 80.8 cm³/mol. The molecule has 0 saturated carbocycles. The summed E-state index contributed by atoms with van der Waals surface area (Å²) in [6.45, 7) is 2.49. The van der Waals surface area contributed by atoms with Gasteiger partial charge in [-0.15, -0.1) is 0 Å². The molecule has 0 unspecified atom stereocenters. The second-order valence-electron chi connectivity index (χ2n) is 5.97. The van der Waals surface area contributed by atoms with Crippen molar-refractivity contribution in [2.45, 2.75) is 64.3 Å². The van der Waals surface area contributed by atoms with Crippen LogP contribution in [0.3, 0.4) is 0 Å². The maximum absolute atomic E-state index is 12.1. The fourth-order valence-electron chi connectivity index (χ4n) is 2.90. The van der Waals surface area contributed by atoms with Crippen LogP contribution in [0.25, 0.3) is 0 Å². The number of rotatable bonds is 10. The molecule has 0 bridgehead atoms. The second kappa shape index (κ2) is 9.90. The zero-order valence-electron chi connectivity index (χ0n) is 13.1. The van der Waals surface area contributed by atoms with Crippen molar-refractivity contribution in [3.63, 3.8) is 0 Å². The van der Waals surface area contributed by atoms with Crippen LogP contribution in [0, 0.1) is 5.92 Å². The molecule has 0 radical (unpaired) electrons. The van der Waals surface area contributed by atoms with Crippen LogP contribution in [0.2, 0.25) is 0 Å². The maximum Gasteiger partial charge on any atom is 0.222 e. The molecule has 5 nitrogen and oxygen atoms in total. The first-order chi connectivity index (χ1) is 10.1. The number of likely N-dealkylation sites (tertiary alicyclic amines) is 1. The number of carbonyl (C=O) groups excluding carboxylic acids is 2. The Morgan fingerprint density at radius 1 is 1.05 bits per heavy atom. The summed E-state index contributed by atoms with van der Waals surface area (Å²) in [5.41, 5.74) is 0. The van der Waals surface area contributed by atoms with Gasteiger partial charge in [-0.2, -0.15) is 0 Å². The normalized spacial score (nSPS) is 21.8. The van der Waals surface area contributed by atoms with Crippen LogP contribution >= 0.6 is 0 Å². The number of carbonyl (C=O) groups is 2. The maximum atomic E-state index is 12.1. The molecule has 2 atom stereocenters. The van der Waals surface area contributed by atoms with Gasteiger partial charge in [0.15, 0.2) is 0 Å². The number of hydrogen-bond donors (Lipinski definition) is 2. The summed E-state index contributed by atoms with van der Waals surface area (Å²) >= 11 is 0. The third-order valence-electron chi connectivity index (χ3n) is 4.28. The topological polar surface area (TPSA) is 77.8 Å². The minimum absolute atomic E-state index is 0.0264. The molecule has 0 aromatic rings. The van der Waals surface area contributed by atoms with Gasteiger partial charge in [-0.3, -0.25) is 9.59 Å². The summed E-state index contributed by atoms with van der Waals surface area (Å²) in [4.78, 5) is 25.0. The number of amides is 1. The highest BCUT2D eigenvalue weighted by Crippen LogP contribution is 2.24. The van der Waals surface area contributed by atoms with E-state index in [1.807, 2.05) is 6.92 Å². The van der Waals surface area contributed by atoms with E-state index >= 15 is 0 Å². The Morgan fingerprint density at radius 3 is 2.29 bits per heavy atom. The molecule has 2 N–H and O–H groups in total. The van der Waals surface area contributed by atoms with Crippen LogP contribution in [0.1, 0.15) is 58.3 Å². The highest BCUT2D eigenvalue weighted by Gasteiger charge is 2.33. The molecule has 1 saturated heterocycles. The van der Waals surface area contributed by atoms with E-state index in [-0.39, 0.29) is 31.1 Å². The van der Waals surface area contributed by atoms with E-state index in [4.69, 9.17) is 0 Å². The van der Waals surface area contributed by atoms with Crippen LogP contribution in [0.5, 0.6) is 0 Å². The van der Waals surface area contributed by atoms with Crippen molar-refractivity contribution in [2.75, 3.05) is 19.8 Å². The minimum Gasteiger partial charge on any atom is -0.396 e. The highest BCUT2D eigenvalue weighted by atomic mass is 16.3. The van der Waals surface area contributed by atoms with Crippen molar-refractivity contribution in [2.24, 2.45) is 5.92 Å². The number of nitrogens with zero attached hydrogens (tertiary/aromatic N) is 1. The summed E-state index contributed by atoms with van der Waals surface area (Å²) in [5, 5.41) is 18.5. The summed E-state index contributed by atoms with van der Waals surface area (Å²) in [5.74, 6) is 0.491. The quantitative estimate of drug-likeness (QED) is 0.599. The molecule has 0 aromatic heterocycles. The summed E-state index contributed by atoms with van der Waals surface area (Å²) in [6, 6.07) is -0.128. The number of ketones is 1. The summed E-state index contributed by atoms with van der Waals surface area (Å²) in [7, 11) is 0. The number of Topliss-reactive ketones (excluding diaryl/α,β-unsaturated/α-hetero) is 1. The monoisotopic (exact) mass is 299 g/mol. The largest absolute Gasteiger partial charge is 0.396 e. The zero-order valence-corrected chi connectivity index (χ0v) is 13.1. The molecule has 0 aromatic carbocycles. The second-order valence-corrected chi connectivity index (χ2v) is 5.97. The Morgan fingerprint density at radius 2 is 1.71 bits per heavy atom. The van der Waals surface area contributed by atoms with E-state index in [9.17, 15) is 19.8 Å². The minimum atomic E-state index is -0.128. The first-order valence-corrected chi connectivity index (χ1v) is 8.15. The van der Waals surface area contributed by atoms with Gasteiger partial charge >= 0.3 is 0 Å². The van der Waals surface area contributed by atoms with E-state index in [0.717, 1.165) is 25.7 Å². The average molecular weight is 299 g/mol. The molecule has 1 aliphatic rings. The molecule has 5 heteroatoms. The van der Waals surface area contributed by atoms with Gasteiger partial charge in [0.25, 0.3) is 0 Å². The van der Waals surface area contributed by atoms with Crippen molar-refractivity contribution in [3.05, 3.63) is 0 Å². The molecule has 1 heterocycles. The molecule has 1 aliphatic heterocycles. The molecular formula is C16H29NO4. The van der Waals surface area contributed by atoms with Gasteiger partial charge < -0.3 is 15.1 Å². The number of unbranched alkanes of at least 4 members (excludes halogenated alkanes) is 3. The Hall–Kier alpha value is -0.940. The van der Waals surface area contributed by atoms with Gasteiger partial charge in [-0.25, -0.2) is 0 Å². The van der Waals surface area contributed by atoms with Gasteiger partial charge in [0.2, 0.25) is 5.91 Å². The van der Waals surface area contributed by atoms with Gasteiger partial charge in [-0.1, -0.05) is 19.8 Å². The molecular weight excluding hydrogens is 270 g/mol. The van der Waals surface area contributed by atoms with E-state index < -0.39 is 0 Å². The lowest BCUT2D eigenvalue weighted by Gasteiger charge is -2.23. The number of aliphatic hydroxyl groups is 2. The van der Waals surface area contributed by atoms with E-state index in [1.165, 1.54) is 0 Å². The average Bonchev–Trinajstić information content (AvgIpc) is 2.93. The number of aliphatic hydroxyl groups excluding tert-OH is 2. The molecule has 0 spiro atoms. The zero-order chi connectivity index (χ0) is 15.7. The first-order valence-electron chi connectivity index (χ1n) is 8.15. The molecule has 21 heavy (non-hydrogen) atoms. The van der Waals surface area contributed by atoms with Crippen LogP contribution < -0.4 is 0 Å². The smallest absolute Gasteiger partial charge is 0.222 e. The number of hydrogen-bond acceptors (Lipinski definition) is 4. The molecule has 122 valence electrons. The Kier molecular flexibility index (Phi) is 8.54. The lowest BCUT2D eigenvalue weighted by molar-refractivity contribution is -0.133.